The molecule has 0 radical (unpaired) electrons. The second-order valence-corrected chi connectivity index (χ2v) is 7.98. The van der Waals surface area contributed by atoms with E-state index in [1.165, 1.54) is 0 Å². The number of hydrogen-bond donors (Lipinski definition) is 1. The smallest absolute Gasteiger partial charge is 0.350 e. The third kappa shape index (κ3) is 7.13. The molecule has 1 aromatic carbocycles. The van der Waals surface area contributed by atoms with E-state index in [0.29, 0.717) is 16.8 Å². The molecule has 1 unspecified atom stereocenters. The lowest BCUT2D eigenvalue weighted by Crippen LogP contribution is -2.47. The molecule has 1 atom stereocenters. The predicted molar refractivity (Wildman–Crippen MR) is 95.7 cm³/mol. The van der Waals surface area contributed by atoms with Gasteiger partial charge in [-0.1, -0.05) is 12.1 Å². The van der Waals surface area contributed by atoms with Gasteiger partial charge in [0.25, 0.3) is 0 Å². The van der Waals surface area contributed by atoms with Gasteiger partial charge in [0.2, 0.25) is 0 Å². The van der Waals surface area contributed by atoms with Crippen molar-refractivity contribution in [2.45, 2.75) is 45.8 Å². The number of carbonyl (C=O) groups excluding carboxylic acids is 1. The number of hydrogen-bond acceptors (Lipinski definition) is 4. The molecule has 0 aliphatic carbocycles. The van der Waals surface area contributed by atoms with E-state index in [-0.39, 0.29) is 6.42 Å². The van der Waals surface area contributed by atoms with Crippen LogP contribution in [0.5, 0.6) is 5.75 Å². The van der Waals surface area contributed by atoms with Gasteiger partial charge in [-0.3, -0.25) is 4.79 Å². The fourth-order valence-electron chi connectivity index (χ4n) is 2.38. The molecular weight excluding hydrogens is 322 g/mol. The lowest BCUT2D eigenvalue weighted by Gasteiger charge is -2.31. The van der Waals surface area contributed by atoms with Gasteiger partial charge in [0.05, 0.1) is 27.6 Å². The van der Waals surface area contributed by atoms with Crippen molar-refractivity contribution in [2.75, 3.05) is 27.7 Å². The van der Waals surface area contributed by atoms with Crippen molar-refractivity contribution in [3.8, 4) is 5.75 Å². The first-order valence-electron chi connectivity index (χ1n) is 8.30. The number of likely N-dealkylation sites (N-methyl/N-ethyl adjacent to an activating group) is 1. The Labute approximate surface area is 149 Å². The molecular formula is C19H30NO5+. The molecule has 140 valence electrons. The quantitative estimate of drug-likeness (QED) is 0.575. The second-order valence-electron chi connectivity index (χ2n) is 7.98. The predicted octanol–water partition coefficient (Wildman–Crippen LogP) is 2.55. The number of benzene rings is 1. The first-order chi connectivity index (χ1) is 11.3. The minimum atomic E-state index is -1.22. The van der Waals surface area contributed by atoms with Gasteiger partial charge in [0.1, 0.15) is 12.3 Å². The monoisotopic (exact) mass is 352 g/mol. The number of ether oxygens (including phenoxy) is 2. The van der Waals surface area contributed by atoms with Gasteiger partial charge in [-0.05, 0) is 44.9 Å². The van der Waals surface area contributed by atoms with Crippen LogP contribution in [0.15, 0.2) is 18.2 Å². The number of nitrogens with zero attached hydrogens (tertiary/aromatic N) is 1. The van der Waals surface area contributed by atoms with Crippen molar-refractivity contribution >= 4 is 11.9 Å². The molecule has 0 aromatic heterocycles. The number of rotatable bonds is 8. The third-order valence-electron chi connectivity index (χ3n) is 3.63. The summed E-state index contributed by atoms with van der Waals surface area (Å²) in [5.41, 5.74) is 0.721. The van der Waals surface area contributed by atoms with E-state index in [2.05, 4.69) is 0 Å². The highest BCUT2D eigenvalue weighted by atomic mass is 16.6. The molecule has 0 fully saturated rings. The summed E-state index contributed by atoms with van der Waals surface area (Å²) in [6.45, 7) is 7.50. The van der Waals surface area contributed by atoms with Gasteiger partial charge >= 0.3 is 11.9 Å². The third-order valence-corrected chi connectivity index (χ3v) is 3.63. The summed E-state index contributed by atoms with van der Waals surface area (Å²) in [6, 6.07) is 5.76. The highest BCUT2D eigenvalue weighted by Gasteiger charge is 2.36. The maximum Gasteiger partial charge on any atom is 0.350 e. The van der Waals surface area contributed by atoms with Gasteiger partial charge in [-0.2, -0.15) is 0 Å². The molecule has 0 spiro atoms. The average Bonchev–Trinajstić information content (AvgIpc) is 2.39. The van der Waals surface area contributed by atoms with E-state index in [0.717, 1.165) is 11.1 Å². The summed E-state index contributed by atoms with van der Waals surface area (Å²) >= 11 is 0. The Balaban J connectivity index is 2.89. The maximum atomic E-state index is 12.6. The highest BCUT2D eigenvalue weighted by Crippen LogP contribution is 2.25. The molecule has 1 aromatic rings. The molecule has 0 heterocycles. The summed E-state index contributed by atoms with van der Waals surface area (Å²) in [5.74, 6) is -0.962. The number of esters is 1. The van der Waals surface area contributed by atoms with Crippen LogP contribution in [0, 0.1) is 13.8 Å². The Kier molecular flexibility index (Phi) is 6.60. The lowest BCUT2D eigenvalue weighted by atomic mass is 10.1. The Morgan fingerprint density at radius 2 is 1.80 bits per heavy atom. The number of carboxylic acid groups (broad SMARTS) is 1. The topological polar surface area (TPSA) is 72.8 Å². The van der Waals surface area contributed by atoms with E-state index in [1.807, 2.05) is 53.2 Å². The normalized spacial score (nSPS) is 13.2. The molecule has 0 aliphatic heterocycles. The first-order valence-corrected chi connectivity index (χ1v) is 8.30. The van der Waals surface area contributed by atoms with Crippen LogP contribution >= 0.6 is 0 Å². The largest absolute Gasteiger partial charge is 0.481 e. The van der Waals surface area contributed by atoms with Crippen molar-refractivity contribution < 1.29 is 28.7 Å². The number of carboxylic acids is 1. The lowest BCUT2D eigenvalue weighted by molar-refractivity contribution is -0.873. The number of quaternary nitrogens is 1. The number of carbonyl (C=O) groups is 2. The van der Waals surface area contributed by atoms with Crippen molar-refractivity contribution in [3.63, 3.8) is 0 Å². The molecule has 0 bridgehead atoms. The van der Waals surface area contributed by atoms with Crippen LogP contribution in [-0.4, -0.2) is 60.9 Å². The minimum absolute atomic E-state index is 0.235. The average molecular weight is 352 g/mol. The van der Waals surface area contributed by atoms with Crippen LogP contribution in [0.3, 0.4) is 0 Å². The highest BCUT2D eigenvalue weighted by molar-refractivity contribution is 5.79. The SMILES string of the molecule is Cc1ccc(C)c(OC(C)(C)C(=O)OC(CC(=O)O)C[N+](C)(C)C)c1. The van der Waals surface area contributed by atoms with Crippen LogP contribution in [0.2, 0.25) is 0 Å². The second kappa shape index (κ2) is 7.87. The van der Waals surface area contributed by atoms with E-state index in [9.17, 15) is 9.59 Å². The van der Waals surface area contributed by atoms with Gasteiger partial charge in [0, 0.05) is 0 Å². The Bertz CT molecular complexity index is 631. The van der Waals surface area contributed by atoms with Crippen LogP contribution < -0.4 is 4.74 Å². The van der Waals surface area contributed by atoms with Crippen molar-refractivity contribution in [1.29, 1.82) is 0 Å². The Morgan fingerprint density at radius 3 is 2.32 bits per heavy atom. The molecule has 6 nitrogen and oxygen atoms in total. The van der Waals surface area contributed by atoms with E-state index < -0.39 is 23.6 Å². The fourth-order valence-corrected chi connectivity index (χ4v) is 2.38. The molecule has 25 heavy (non-hydrogen) atoms. The zero-order valence-corrected chi connectivity index (χ0v) is 16.3. The van der Waals surface area contributed by atoms with Crippen LogP contribution in [0.1, 0.15) is 31.4 Å². The molecule has 1 rings (SSSR count). The van der Waals surface area contributed by atoms with Crippen LogP contribution in [0.25, 0.3) is 0 Å². The summed E-state index contributed by atoms with van der Waals surface area (Å²) in [6.07, 6.45) is -0.952. The molecule has 1 N–H and O–H groups in total. The number of aliphatic carboxylic acids is 1. The van der Waals surface area contributed by atoms with Crippen LogP contribution in [-0.2, 0) is 14.3 Å². The van der Waals surface area contributed by atoms with Crippen molar-refractivity contribution in [2.24, 2.45) is 0 Å². The summed E-state index contributed by atoms with van der Waals surface area (Å²) in [4.78, 5) is 23.7. The van der Waals surface area contributed by atoms with E-state index in [1.54, 1.807) is 13.8 Å². The van der Waals surface area contributed by atoms with Crippen LogP contribution in [0.4, 0.5) is 0 Å². The molecule has 0 saturated heterocycles. The van der Waals surface area contributed by atoms with E-state index >= 15 is 0 Å². The molecule has 0 aliphatic rings. The molecule has 0 amide bonds. The Morgan fingerprint density at radius 1 is 1.20 bits per heavy atom. The van der Waals surface area contributed by atoms with Gasteiger partial charge in [-0.15, -0.1) is 0 Å². The summed E-state index contributed by atoms with van der Waals surface area (Å²) in [7, 11) is 5.75. The number of aryl methyl sites for hydroxylation is 2. The zero-order chi connectivity index (χ0) is 19.4. The Hall–Kier alpha value is -2.08. The zero-order valence-electron chi connectivity index (χ0n) is 16.3. The minimum Gasteiger partial charge on any atom is -0.481 e. The van der Waals surface area contributed by atoms with E-state index in [4.69, 9.17) is 14.6 Å². The van der Waals surface area contributed by atoms with Crippen molar-refractivity contribution in [3.05, 3.63) is 29.3 Å². The van der Waals surface area contributed by atoms with Crippen molar-refractivity contribution in [1.82, 2.24) is 0 Å². The van der Waals surface area contributed by atoms with Gasteiger partial charge < -0.3 is 19.1 Å². The molecule has 6 heteroatoms. The van der Waals surface area contributed by atoms with Gasteiger partial charge in [-0.25, -0.2) is 4.79 Å². The van der Waals surface area contributed by atoms with Gasteiger partial charge in [0.15, 0.2) is 11.7 Å². The summed E-state index contributed by atoms with van der Waals surface area (Å²) in [5, 5.41) is 9.07. The maximum absolute atomic E-state index is 12.6. The fraction of sp³-hybridized carbons (Fsp3) is 0.579. The molecule has 0 saturated carbocycles. The summed E-state index contributed by atoms with van der Waals surface area (Å²) < 4.78 is 11.9. The standard InChI is InChI=1S/C19H29NO5/c1-13-8-9-14(2)16(10-13)25-19(3,4)18(23)24-15(11-17(21)22)12-20(5,6)7/h8-10,15H,11-12H2,1-7H3/p+1. The first kappa shape index (κ1) is 21.0.